The zero-order valence-corrected chi connectivity index (χ0v) is 12.2. The molecule has 8 heteroatoms. The molecule has 1 amide bonds. The molecule has 2 N–H and O–H groups in total. The van der Waals surface area contributed by atoms with Gasteiger partial charge in [0, 0.05) is 44.0 Å². The summed E-state index contributed by atoms with van der Waals surface area (Å²) in [6.07, 6.45) is 4.28. The normalized spacial score (nSPS) is 19.6. The van der Waals surface area contributed by atoms with E-state index in [-0.39, 0.29) is 18.9 Å². The third-order valence-corrected chi connectivity index (χ3v) is 5.02. The molecule has 0 aliphatic carbocycles. The number of hydrogen-bond acceptors (Lipinski definition) is 4. The highest BCUT2D eigenvalue weighted by Crippen LogP contribution is 2.17. The molecule has 1 aliphatic heterocycles. The number of likely N-dealkylation sites (tertiary alicyclic amines) is 1. The highest BCUT2D eigenvalue weighted by molar-refractivity contribution is 7.89. The topological polar surface area (TPSA) is 97.8 Å². The zero-order valence-electron chi connectivity index (χ0n) is 11.3. The molecule has 3 rings (SSSR count). The molecule has 0 aromatic carbocycles. The molecule has 0 saturated carbocycles. The number of hydrogen-bond donors (Lipinski definition) is 1. The number of amides is 1. The van der Waals surface area contributed by atoms with Crippen LogP contribution in [0.15, 0.2) is 30.6 Å². The van der Waals surface area contributed by atoms with Crippen LogP contribution in [0, 0.1) is 0 Å². The van der Waals surface area contributed by atoms with Crippen molar-refractivity contribution in [2.24, 2.45) is 5.14 Å². The van der Waals surface area contributed by atoms with Gasteiger partial charge >= 0.3 is 0 Å². The third-order valence-electron chi connectivity index (χ3n) is 3.78. The number of nitrogens with zero attached hydrogens (tertiary/aromatic N) is 3. The van der Waals surface area contributed by atoms with E-state index in [4.69, 9.17) is 5.14 Å². The SMILES string of the molecule is NS(=O)(=O)C1CC(=O)N(CCc2cnc3ccccn23)C1. The van der Waals surface area contributed by atoms with Crippen LogP contribution >= 0.6 is 0 Å². The number of carbonyl (C=O) groups is 1. The van der Waals surface area contributed by atoms with Crippen LogP contribution in [0.1, 0.15) is 12.1 Å². The van der Waals surface area contributed by atoms with E-state index >= 15 is 0 Å². The van der Waals surface area contributed by atoms with E-state index in [1.165, 1.54) is 0 Å². The number of pyridine rings is 1. The summed E-state index contributed by atoms with van der Waals surface area (Å²) in [5.41, 5.74) is 1.83. The molecule has 2 aromatic heterocycles. The Kier molecular flexibility index (Phi) is 3.42. The van der Waals surface area contributed by atoms with Crippen LogP contribution in [0.5, 0.6) is 0 Å². The lowest BCUT2D eigenvalue weighted by Crippen LogP contribution is -2.33. The van der Waals surface area contributed by atoms with Crippen molar-refractivity contribution in [2.45, 2.75) is 18.1 Å². The summed E-state index contributed by atoms with van der Waals surface area (Å²) < 4.78 is 24.6. The van der Waals surface area contributed by atoms with Crippen LogP contribution in [0.25, 0.3) is 5.65 Å². The lowest BCUT2D eigenvalue weighted by atomic mass is 10.3. The lowest BCUT2D eigenvalue weighted by molar-refractivity contribution is -0.127. The first kappa shape index (κ1) is 14.0. The Morgan fingerprint density at radius 3 is 2.90 bits per heavy atom. The Hall–Kier alpha value is -1.93. The monoisotopic (exact) mass is 308 g/mol. The summed E-state index contributed by atoms with van der Waals surface area (Å²) in [6, 6.07) is 5.73. The van der Waals surface area contributed by atoms with Crippen molar-refractivity contribution < 1.29 is 13.2 Å². The molecule has 1 fully saturated rings. The summed E-state index contributed by atoms with van der Waals surface area (Å²) in [5.74, 6) is -0.164. The van der Waals surface area contributed by atoms with Crippen LogP contribution in [0.4, 0.5) is 0 Å². The number of sulfonamides is 1. The first-order chi connectivity index (χ1) is 9.95. The Morgan fingerprint density at radius 1 is 1.38 bits per heavy atom. The van der Waals surface area contributed by atoms with Gasteiger partial charge in [-0.15, -0.1) is 0 Å². The van der Waals surface area contributed by atoms with Crippen LogP contribution in [0.3, 0.4) is 0 Å². The number of imidazole rings is 1. The van der Waals surface area contributed by atoms with Crippen molar-refractivity contribution in [3.8, 4) is 0 Å². The average molecular weight is 308 g/mol. The van der Waals surface area contributed by atoms with Crippen molar-refractivity contribution >= 4 is 21.6 Å². The lowest BCUT2D eigenvalue weighted by Gasteiger charge is -2.15. The number of rotatable bonds is 4. The molecule has 0 spiro atoms. The largest absolute Gasteiger partial charge is 0.341 e. The molecule has 1 saturated heterocycles. The van der Waals surface area contributed by atoms with Gasteiger partial charge in [0.1, 0.15) is 10.9 Å². The fourth-order valence-corrected chi connectivity index (χ4v) is 3.35. The molecule has 2 aromatic rings. The number of primary sulfonamides is 1. The second-order valence-electron chi connectivity index (χ2n) is 5.18. The summed E-state index contributed by atoms with van der Waals surface area (Å²) >= 11 is 0. The van der Waals surface area contributed by atoms with Crippen molar-refractivity contribution in [3.05, 3.63) is 36.3 Å². The smallest absolute Gasteiger partial charge is 0.224 e. The van der Waals surface area contributed by atoms with Crippen molar-refractivity contribution in [3.63, 3.8) is 0 Å². The van der Waals surface area contributed by atoms with E-state index in [0.717, 1.165) is 11.3 Å². The quantitative estimate of drug-likeness (QED) is 0.843. The number of nitrogens with two attached hydrogens (primary N) is 1. The van der Waals surface area contributed by atoms with Crippen LogP contribution in [-0.2, 0) is 21.2 Å². The summed E-state index contributed by atoms with van der Waals surface area (Å²) in [5, 5.41) is 4.32. The molecule has 0 bridgehead atoms. The minimum Gasteiger partial charge on any atom is -0.341 e. The molecule has 1 atom stereocenters. The highest BCUT2D eigenvalue weighted by Gasteiger charge is 2.36. The summed E-state index contributed by atoms with van der Waals surface area (Å²) in [4.78, 5) is 17.7. The van der Waals surface area contributed by atoms with Crippen LogP contribution in [-0.4, -0.2) is 46.9 Å². The van der Waals surface area contributed by atoms with Crippen LogP contribution < -0.4 is 5.14 Å². The molecule has 112 valence electrons. The minimum absolute atomic E-state index is 0.0218. The van der Waals surface area contributed by atoms with Gasteiger partial charge < -0.3 is 9.30 Å². The maximum atomic E-state index is 11.8. The summed E-state index contributed by atoms with van der Waals surface area (Å²) in [6.45, 7) is 0.641. The van der Waals surface area contributed by atoms with Gasteiger partial charge in [0.2, 0.25) is 15.9 Å². The molecule has 1 unspecified atom stereocenters. The van der Waals surface area contributed by atoms with E-state index in [1.807, 2.05) is 28.8 Å². The fourth-order valence-electron chi connectivity index (χ4n) is 2.59. The fraction of sp³-hybridized carbons (Fsp3) is 0.385. The molecular formula is C13H16N4O3S. The predicted molar refractivity (Wildman–Crippen MR) is 77.0 cm³/mol. The average Bonchev–Trinajstić information content (AvgIpc) is 3.00. The molecule has 7 nitrogen and oxygen atoms in total. The number of aromatic nitrogens is 2. The maximum Gasteiger partial charge on any atom is 0.224 e. The maximum absolute atomic E-state index is 11.8. The Morgan fingerprint density at radius 2 is 2.19 bits per heavy atom. The third kappa shape index (κ3) is 2.77. The van der Waals surface area contributed by atoms with E-state index in [9.17, 15) is 13.2 Å². The van der Waals surface area contributed by atoms with E-state index in [2.05, 4.69) is 4.98 Å². The van der Waals surface area contributed by atoms with Gasteiger partial charge in [-0.2, -0.15) is 0 Å². The van der Waals surface area contributed by atoms with Gasteiger partial charge in [0.25, 0.3) is 0 Å². The van der Waals surface area contributed by atoms with Gasteiger partial charge in [-0.25, -0.2) is 18.5 Å². The number of carbonyl (C=O) groups excluding carboxylic acids is 1. The second kappa shape index (κ2) is 5.12. The van der Waals surface area contributed by atoms with E-state index in [0.29, 0.717) is 13.0 Å². The van der Waals surface area contributed by atoms with Gasteiger partial charge in [-0.05, 0) is 12.1 Å². The van der Waals surface area contributed by atoms with Crippen molar-refractivity contribution in [1.82, 2.24) is 14.3 Å². The predicted octanol–water partition coefficient (Wildman–Crippen LogP) is -0.234. The number of fused-ring (bicyclic) bond motifs is 1. The molecule has 1 aliphatic rings. The highest BCUT2D eigenvalue weighted by atomic mass is 32.2. The Balaban J connectivity index is 1.70. The minimum atomic E-state index is -3.66. The van der Waals surface area contributed by atoms with E-state index < -0.39 is 15.3 Å². The standard InChI is InChI=1S/C13H16N4O3S/c14-21(19,20)11-7-13(18)16(9-11)6-4-10-8-15-12-3-1-2-5-17(10)12/h1-3,5,8,11H,4,6-7,9H2,(H2,14,19,20). The van der Waals surface area contributed by atoms with Crippen LogP contribution in [0.2, 0.25) is 0 Å². The molecule has 0 radical (unpaired) electrons. The van der Waals surface area contributed by atoms with Gasteiger partial charge in [0.05, 0.1) is 0 Å². The molecule has 21 heavy (non-hydrogen) atoms. The van der Waals surface area contributed by atoms with Crippen molar-refractivity contribution in [1.29, 1.82) is 0 Å². The van der Waals surface area contributed by atoms with Gasteiger partial charge in [0.15, 0.2) is 0 Å². The Bertz CT molecular complexity index is 784. The zero-order chi connectivity index (χ0) is 15.0. The molecular weight excluding hydrogens is 292 g/mol. The molecule has 3 heterocycles. The first-order valence-corrected chi connectivity index (χ1v) is 8.26. The van der Waals surface area contributed by atoms with Gasteiger partial charge in [-0.3, -0.25) is 4.79 Å². The van der Waals surface area contributed by atoms with Gasteiger partial charge in [-0.1, -0.05) is 6.07 Å². The first-order valence-electron chi connectivity index (χ1n) is 6.65. The second-order valence-corrected chi connectivity index (χ2v) is 7.03. The van der Waals surface area contributed by atoms with Crippen molar-refractivity contribution in [2.75, 3.05) is 13.1 Å². The van der Waals surface area contributed by atoms with E-state index in [1.54, 1.807) is 11.1 Å². The summed E-state index contributed by atoms with van der Waals surface area (Å²) in [7, 11) is -3.66. The Labute approximate surface area is 122 Å².